The molecule has 0 amide bonds. The molecule has 0 saturated heterocycles. The lowest BCUT2D eigenvalue weighted by Gasteiger charge is -2.33. The Bertz CT molecular complexity index is 2210. The van der Waals surface area contributed by atoms with Gasteiger partial charge in [-0.05, 0) is 106 Å². The Labute approximate surface area is 421 Å². The lowest BCUT2D eigenvalue weighted by Crippen LogP contribution is -2.34. The predicted octanol–water partition coefficient (Wildman–Crippen LogP) is 20.2. The molecule has 0 bridgehead atoms. The third-order valence-electron chi connectivity index (χ3n) is 13.8. The second kappa shape index (κ2) is 33.0. The van der Waals surface area contributed by atoms with Crippen LogP contribution >= 0.6 is 0 Å². The number of hydrogen-bond acceptors (Lipinski definition) is 2. The van der Waals surface area contributed by atoms with E-state index in [0.717, 1.165) is 28.5 Å². The number of hydrogen-bond donors (Lipinski definition) is 0. The Hall–Kier alpha value is -5.65. The molecule has 2 nitrogen and oxygen atoms in total. The number of anilines is 1. The molecule has 0 saturated carbocycles. The van der Waals surface area contributed by atoms with Gasteiger partial charge in [-0.15, -0.1) is 0 Å². The molecule has 0 spiro atoms. The molecule has 0 aliphatic carbocycles. The average molecular weight is 919 g/mol. The molecule has 0 aromatic heterocycles. The summed E-state index contributed by atoms with van der Waals surface area (Å²) in [5.41, 5.74) is 11.5. The third-order valence-corrected chi connectivity index (χ3v) is 13.8. The van der Waals surface area contributed by atoms with Crippen LogP contribution in [0.3, 0.4) is 0 Å². The molecule has 69 heavy (non-hydrogen) atoms. The van der Waals surface area contributed by atoms with Crippen molar-refractivity contribution < 1.29 is 0 Å². The van der Waals surface area contributed by atoms with Gasteiger partial charge in [-0.25, -0.2) is 0 Å². The van der Waals surface area contributed by atoms with Crippen molar-refractivity contribution in [3.8, 4) is 6.07 Å². The summed E-state index contributed by atoms with van der Waals surface area (Å²) in [7, 11) is 0. The van der Waals surface area contributed by atoms with Crippen molar-refractivity contribution >= 4 is 54.3 Å². The minimum Gasteiger partial charge on any atom is -0.371 e. The lowest BCUT2D eigenvalue weighted by molar-refractivity contribution is 0.368. The van der Waals surface area contributed by atoms with E-state index >= 15 is 0 Å². The summed E-state index contributed by atoms with van der Waals surface area (Å²) in [5.74, 6) is 1.55. The molecule has 5 aromatic rings. The maximum atomic E-state index is 9.02. The standard InChI is InChI=1S/C67H86N2/c1-5-9-13-17-21-65(22-18-14-10-6-2)54-69(55-66(23-19-15-11-7-3)24-20-16-12-8-4)67-51-49-63(50-52-67)44-43-61-39-37-59(38-40-61)32-31-57-27-25-56(26-28-57)29-30-58-33-35-60(36-34-58)41-42-62-45-47-64(53-68)48-46-62/h25-52,65-66H,5-24,54-55H2,1-4H3/b30-29+,32-31+,42-41+,44-43+. The Morgan fingerprint density at radius 1 is 0.333 bits per heavy atom. The second-order valence-corrected chi connectivity index (χ2v) is 19.7. The third kappa shape index (κ3) is 21.7. The molecule has 0 fully saturated rings. The van der Waals surface area contributed by atoms with Gasteiger partial charge in [0.05, 0.1) is 11.6 Å². The molecule has 0 atom stereocenters. The maximum absolute atomic E-state index is 9.02. The monoisotopic (exact) mass is 919 g/mol. The van der Waals surface area contributed by atoms with Crippen molar-refractivity contribution in [1.82, 2.24) is 0 Å². The topological polar surface area (TPSA) is 27.0 Å². The van der Waals surface area contributed by atoms with Crippen LogP contribution in [0.2, 0.25) is 0 Å². The Morgan fingerprint density at radius 2 is 0.565 bits per heavy atom. The van der Waals surface area contributed by atoms with Crippen LogP contribution in [0.5, 0.6) is 0 Å². The van der Waals surface area contributed by atoms with Gasteiger partial charge in [-0.1, -0.05) is 276 Å². The molecule has 364 valence electrons. The van der Waals surface area contributed by atoms with Crippen LogP contribution in [0.25, 0.3) is 48.6 Å². The maximum Gasteiger partial charge on any atom is 0.0991 e. The van der Waals surface area contributed by atoms with E-state index in [1.165, 1.54) is 175 Å². The Balaban J connectivity index is 1.18. The highest BCUT2D eigenvalue weighted by atomic mass is 15.1. The van der Waals surface area contributed by atoms with E-state index in [9.17, 15) is 0 Å². The first-order chi connectivity index (χ1) is 34.0. The van der Waals surface area contributed by atoms with Crippen LogP contribution in [-0.2, 0) is 0 Å². The molecular weight excluding hydrogens is 833 g/mol. The molecule has 2 heteroatoms. The first-order valence-corrected chi connectivity index (χ1v) is 27.4. The van der Waals surface area contributed by atoms with E-state index in [4.69, 9.17) is 5.26 Å². The molecule has 0 radical (unpaired) electrons. The quantitative estimate of drug-likeness (QED) is 0.0310. The van der Waals surface area contributed by atoms with Crippen molar-refractivity contribution in [2.24, 2.45) is 11.8 Å². The fraction of sp³-hybridized carbons (Fsp3) is 0.418. The largest absolute Gasteiger partial charge is 0.371 e. The van der Waals surface area contributed by atoms with Crippen LogP contribution in [0.4, 0.5) is 5.69 Å². The summed E-state index contributed by atoms with van der Waals surface area (Å²) < 4.78 is 0. The highest BCUT2D eigenvalue weighted by Crippen LogP contribution is 2.28. The normalized spacial score (nSPS) is 11.9. The summed E-state index contributed by atoms with van der Waals surface area (Å²) >= 11 is 0. The highest BCUT2D eigenvalue weighted by Gasteiger charge is 2.20. The number of nitriles is 1. The molecule has 0 heterocycles. The molecule has 0 aliphatic heterocycles. The van der Waals surface area contributed by atoms with Crippen LogP contribution < -0.4 is 4.90 Å². The minimum atomic E-state index is 0.678. The predicted molar refractivity (Wildman–Crippen MR) is 307 cm³/mol. The van der Waals surface area contributed by atoms with Crippen LogP contribution in [0.15, 0.2) is 121 Å². The van der Waals surface area contributed by atoms with E-state index in [0.29, 0.717) is 5.56 Å². The minimum absolute atomic E-state index is 0.678. The molecule has 0 N–H and O–H groups in total. The Morgan fingerprint density at radius 3 is 0.797 bits per heavy atom. The summed E-state index contributed by atoms with van der Waals surface area (Å²) in [5, 5.41) is 9.02. The SMILES string of the molecule is CCCCCCC(CCCCCC)CN(CC(CCCCCC)CCCCCC)c1ccc(/C=C/c2ccc(/C=C/c3ccc(/C=C/c4ccc(/C=C/c5ccc(C#N)cc5)cc4)cc3)cc2)cc1. The first kappa shape index (κ1) is 54.3. The lowest BCUT2D eigenvalue weighted by atomic mass is 9.91. The first-order valence-electron chi connectivity index (χ1n) is 27.4. The van der Waals surface area contributed by atoms with Crippen LogP contribution in [0.1, 0.15) is 206 Å². The molecular formula is C67H86N2. The van der Waals surface area contributed by atoms with E-state index in [-0.39, 0.29) is 0 Å². The average Bonchev–Trinajstić information content (AvgIpc) is 3.39. The molecule has 5 rings (SSSR count). The number of benzene rings is 5. The summed E-state index contributed by atoms with van der Waals surface area (Å²) in [4.78, 5) is 2.84. The molecule has 0 aliphatic rings. The fourth-order valence-corrected chi connectivity index (χ4v) is 9.39. The van der Waals surface area contributed by atoms with Gasteiger partial charge >= 0.3 is 0 Å². The van der Waals surface area contributed by atoms with Crippen molar-refractivity contribution in [3.05, 3.63) is 171 Å². The van der Waals surface area contributed by atoms with Gasteiger partial charge in [0.1, 0.15) is 0 Å². The highest BCUT2D eigenvalue weighted by molar-refractivity contribution is 5.76. The van der Waals surface area contributed by atoms with Gasteiger partial charge in [-0.2, -0.15) is 5.26 Å². The van der Waals surface area contributed by atoms with Gasteiger partial charge in [0.15, 0.2) is 0 Å². The summed E-state index contributed by atoms with van der Waals surface area (Å²) in [6.45, 7) is 11.8. The Kier molecular flexibility index (Phi) is 26.0. The zero-order valence-corrected chi connectivity index (χ0v) is 43.3. The summed E-state index contributed by atoms with van der Waals surface area (Å²) in [6.07, 6.45) is 44.7. The molecule has 0 unspecified atom stereocenters. The van der Waals surface area contributed by atoms with E-state index < -0.39 is 0 Å². The second-order valence-electron chi connectivity index (χ2n) is 19.7. The summed E-state index contributed by atoms with van der Waals surface area (Å²) in [6, 6.07) is 45.5. The number of rotatable bonds is 33. The number of nitrogens with zero attached hydrogens (tertiary/aromatic N) is 2. The van der Waals surface area contributed by atoms with Gasteiger partial charge in [0.2, 0.25) is 0 Å². The van der Waals surface area contributed by atoms with Gasteiger partial charge in [0.25, 0.3) is 0 Å². The molecule has 5 aromatic carbocycles. The van der Waals surface area contributed by atoms with Crippen LogP contribution in [0, 0.1) is 23.2 Å². The van der Waals surface area contributed by atoms with E-state index in [2.05, 4.69) is 184 Å². The van der Waals surface area contributed by atoms with E-state index in [1.807, 2.05) is 24.3 Å². The van der Waals surface area contributed by atoms with Gasteiger partial charge < -0.3 is 4.90 Å². The zero-order valence-electron chi connectivity index (χ0n) is 43.3. The van der Waals surface area contributed by atoms with Crippen LogP contribution in [-0.4, -0.2) is 13.1 Å². The van der Waals surface area contributed by atoms with Crippen molar-refractivity contribution in [1.29, 1.82) is 5.26 Å². The van der Waals surface area contributed by atoms with E-state index in [1.54, 1.807) is 0 Å². The zero-order chi connectivity index (χ0) is 48.6. The number of unbranched alkanes of at least 4 members (excludes halogenated alkanes) is 12. The van der Waals surface area contributed by atoms with Crippen molar-refractivity contribution in [3.63, 3.8) is 0 Å². The smallest absolute Gasteiger partial charge is 0.0991 e. The van der Waals surface area contributed by atoms with Gasteiger partial charge in [0, 0.05) is 18.8 Å². The van der Waals surface area contributed by atoms with Crippen molar-refractivity contribution in [2.45, 2.75) is 156 Å². The fourth-order valence-electron chi connectivity index (χ4n) is 9.39. The van der Waals surface area contributed by atoms with Gasteiger partial charge in [-0.3, -0.25) is 0 Å². The van der Waals surface area contributed by atoms with Crippen molar-refractivity contribution in [2.75, 3.05) is 18.0 Å².